The standard InChI is InChI=1S/C15H16BrN5O/c16-12-5-4-11(22-12)15-18-14-9-10(8-13(17)21(14)19-15)20-6-2-1-3-7-20/h4-5,8-9H,1-3,6-7,17H2. The van der Waals surface area contributed by atoms with E-state index < -0.39 is 0 Å². The summed E-state index contributed by atoms with van der Waals surface area (Å²) >= 11 is 3.29. The van der Waals surface area contributed by atoms with Gasteiger partial charge >= 0.3 is 0 Å². The quantitative estimate of drug-likeness (QED) is 0.757. The molecule has 3 aromatic heterocycles. The van der Waals surface area contributed by atoms with E-state index in [1.54, 1.807) is 4.52 Å². The molecule has 1 aliphatic rings. The molecule has 0 aliphatic carbocycles. The van der Waals surface area contributed by atoms with Crippen molar-refractivity contribution in [3.8, 4) is 11.6 Å². The lowest BCUT2D eigenvalue weighted by molar-refractivity contribution is 0.551. The molecule has 1 aliphatic heterocycles. The van der Waals surface area contributed by atoms with Crippen LogP contribution in [0.15, 0.2) is 33.4 Å². The molecule has 0 aromatic carbocycles. The lowest BCUT2D eigenvalue weighted by Gasteiger charge is -2.28. The van der Waals surface area contributed by atoms with Crippen molar-refractivity contribution in [2.75, 3.05) is 23.7 Å². The molecule has 22 heavy (non-hydrogen) atoms. The predicted octanol–water partition coefficient (Wildman–Crippen LogP) is 3.32. The number of furan rings is 1. The molecule has 114 valence electrons. The van der Waals surface area contributed by atoms with Crippen molar-refractivity contribution in [2.24, 2.45) is 0 Å². The Labute approximate surface area is 136 Å². The fourth-order valence-corrected chi connectivity index (χ4v) is 3.17. The van der Waals surface area contributed by atoms with E-state index >= 15 is 0 Å². The maximum absolute atomic E-state index is 6.15. The number of pyridine rings is 1. The summed E-state index contributed by atoms with van der Waals surface area (Å²) in [5, 5.41) is 4.43. The number of hydrogen-bond donors (Lipinski definition) is 1. The Bertz CT molecular complexity index is 819. The zero-order chi connectivity index (χ0) is 15.1. The third-order valence-corrected chi connectivity index (χ3v) is 4.39. The number of aromatic nitrogens is 3. The van der Waals surface area contributed by atoms with E-state index in [4.69, 9.17) is 10.2 Å². The van der Waals surface area contributed by atoms with Crippen LogP contribution < -0.4 is 10.6 Å². The van der Waals surface area contributed by atoms with Gasteiger partial charge in [0, 0.05) is 30.9 Å². The molecule has 0 amide bonds. The molecule has 4 rings (SSSR count). The average Bonchev–Trinajstić information content (AvgIpc) is 3.14. The second kappa shape index (κ2) is 5.31. The molecule has 1 fully saturated rings. The summed E-state index contributed by atoms with van der Waals surface area (Å²) < 4.78 is 7.82. The Hall–Kier alpha value is -2.02. The van der Waals surface area contributed by atoms with Gasteiger partial charge in [0.1, 0.15) is 5.82 Å². The molecule has 3 aromatic rings. The second-order valence-corrected chi connectivity index (χ2v) is 6.28. The van der Waals surface area contributed by atoms with Gasteiger partial charge in [-0.25, -0.2) is 4.98 Å². The van der Waals surface area contributed by atoms with E-state index in [-0.39, 0.29) is 0 Å². The SMILES string of the molecule is Nc1cc(N2CCCCC2)cc2nc(-c3ccc(Br)o3)nn12. The fraction of sp³-hybridized carbons (Fsp3) is 0.333. The molecule has 0 radical (unpaired) electrons. The highest BCUT2D eigenvalue weighted by atomic mass is 79.9. The van der Waals surface area contributed by atoms with Crippen LogP contribution in [-0.2, 0) is 0 Å². The number of nitrogens with two attached hydrogens (primary N) is 1. The van der Waals surface area contributed by atoms with Gasteiger partial charge in [0.25, 0.3) is 0 Å². The van der Waals surface area contributed by atoms with E-state index in [1.165, 1.54) is 19.3 Å². The number of halogens is 1. The molecule has 0 atom stereocenters. The summed E-state index contributed by atoms with van der Waals surface area (Å²) in [6.45, 7) is 2.14. The van der Waals surface area contributed by atoms with Crippen LogP contribution in [0.2, 0.25) is 0 Å². The number of piperidine rings is 1. The van der Waals surface area contributed by atoms with Crippen LogP contribution in [0.4, 0.5) is 11.5 Å². The Morgan fingerprint density at radius 1 is 1.14 bits per heavy atom. The predicted molar refractivity (Wildman–Crippen MR) is 88.9 cm³/mol. The minimum Gasteiger partial charge on any atom is -0.446 e. The maximum atomic E-state index is 6.15. The lowest BCUT2D eigenvalue weighted by atomic mass is 10.1. The normalized spacial score (nSPS) is 15.6. The van der Waals surface area contributed by atoms with Gasteiger partial charge in [0.2, 0.25) is 5.82 Å². The molecule has 0 unspecified atom stereocenters. The van der Waals surface area contributed by atoms with E-state index in [0.717, 1.165) is 24.4 Å². The molecule has 0 bridgehead atoms. The van der Waals surface area contributed by atoms with Gasteiger partial charge in [-0.1, -0.05) is 0 Å². The highest BCUT2D eigenvalue weighted by molar-refractivity contribution is 9.10. The van der Waals surface area contributed by atoms with Crippen molar-refractivity contribution >= 4 is 33.1 Å². The zero-order valence-electron chi connectivity index (χ0n) is 12.0. The Kier molecular flexibility index (Phi) is 3.29. The third kappa shape index (κ3) is 2.35. The number of rotatable bonds is 2. The largest absolute Gasteiger partial charge is 0.446 e. The highest BCUT2D eigenvalue weighted by Crippen LogP contribution is 2.27. The number of fused-ring (bicyclic) bond motifs is 1. The summed E-state index contributed by atoms with van der Waals surface area (Å²) in [7, 11) is 0. The zero-order valence-corrected chi connectivity index (χ0v) is 13.6. The lowest BCUT2D eigenvalue weighted by Crippen LogP contribution is -2.29. The van der Waals surface area contributed by atoms with Crippen LogP contribution in [0, 0.1) is 0 Å². The number of hydrogen-bond acceptors (Lipinski definition) is 5. The van der Waals surface area contributed by atoms with Crippen LogP contribution >= 0.6 is 15.9 Å². The summed E-state index contributed by atoms with van der Waals surface area (Å²) in [4.78, 5) is 6.90. The van der Waals surface area contributed by atoms with Crippen molar-refractivity contribution in [2.45, 2.75) is 19.3 Å². The average molecular weight is 362 g/mol. The van der Waals surface area contributed by atoms with Crippen molar-refractivity contribution < 1.29 is 4.42 Å². The highest BCUT2D eigenvalue weighted by Gasteiger charge is 2.16. The van der Waals surface area contributed by atoms with Crippen molar-refractivity contribution in [3.63, 3.8) is 0 Å². The Morgan fingerprint density at radius 3 is 2.68 bits per heavy atom. The van der Waals surface area contributed by atoms with Crippen LogP contribution in [0.3, 0.4) is 0 Å². The van der Waals surface area contributed by atoms with Gasteiger partial charge in [-0.2, -0.15) is 4.52 Å². The van der Waals surface area contributed by atoms with E-state index in [9.17, 15) is 0 Å². The molecule has 6 nitrogen and oxygen atoms in total. The van der Waals surface area contributed by atoms with E-state index in [0.29, 0.717) is 22.1 Å². The summed E-state index contributed by atoms with van der Waals surface area (Å²) in [5.74, 6) is 1.74. The Balaban J connectivity index is 1.77. The summed E-state index contributed by atoms with van der Waals surface area (Å²) in [6, 6.07) is 7.66. The molecular weight excluding hydrogens is 346 g/mol. The first-order valence-corrected chi connectivity index (χ1v) is 8.17. The molecule has 1 saturated heterocycles. The minimum absolute atomic E-state index is 0.535. The summed E-state index contributed by atoms with van der Waals surface area (Å²) in [5.41, 5.74) is 8.01. The number of nitrogens with zero attached hydrogens (tertiary/aromatic N) is 4. The van der Waals surface area contributed by atoms with E-state index in [2.05, 4.69) is 30.9 Å². The topological polar surface area (TPSA) is 72.6 Å². The smallest absolute Gasteiger partial charge is 0.218 e. The number of nitrogen functional groups attached to an aromatic ring is 1. The summed E-state index contributed by atoms with van der Waals surface area (Å²) in [6.07, 6.45) is 3.75. The number of anilines is 2. The van der Waals surface area contributed by atoms with Gasteiger partial charge in [-0.15, -0.1) is 5.10 Å². The first-order chi connectivity index (χ1) is 10.7. The molecule has 0 spiro atoms. The molecule has 0 saturated carbocycles. The second-order valence-electron chi connectivity index (χ2n) is 5.50. The third-order valence-electron chi connectivity index (χ3n) is 3.96. The minimum atomic E-state index is 0.535. The van der Waals surface area contributed by atoms with Crippen LogP contribution in [0.1, 0.15) is 19.3 Å². The molecule has 7 heteroatoms. The van der Waals surface area contributed by atoms with Crippen LogP contribution in [0.5, 0.6) is 0 Å². The van der Waals surface area contributed by atoms with Gasteiger partial charge < -0.3 is 15.1 Å². The van der Waals surface area contributed by atoms with E-state index in [1.807, 2.05) is 24.3 Å². The van der Waals surface area contributed by atoms with Gasteiger partial charge in [0.05, 0.1) is 0 Å². The Morgan fingerprint density at radius 2 is 1.95 bits per heavy atom. The monoisotopic (exact) mass is 361 g/mol. The maximum Gasteiger partial charge on any atom is 0.218 e. The van der Waals surface area contributed by atoms with Crippen LogP contribution in [0.25, 0.3) is 17.2 Å². The van der Waals surface area contributed by atoms with Crippen LogP contribution in [-0.4, -0.2) is 27.7 Å². The fourth-order valence-electron chi connectivity index (χ4n) is 2.87. The van der Waals surface area contributed by atoms with Crippen molar-refractivity contribution in [1.82, 2.24) is 14.6 Å². The first kappa shape index (κ1) is 13.6. The first-order valence-electron chi connectivity index (χ1n) is 7.38. The van der Waals surface area contributed by atoms with Crippen molar-refractivity contribution in [1.29, 1.82) is 0 Å². The molecular formula is C15H16BrN5O. The molecule has 2 N–H and O–H groups in total. The van der Waals surface area contributed by atoms with Crippen molar-refractivity contribution in [3.05, 3.63) is 28.9 Å². The van der Waals surface area contributed by atoms with Gasteiger partial charge in [-0.3, -0.25) is 0 Å². The van der Waals surface area contributed by atoms with Gasteiger partial charge in [-0.05, 0) is 47.3 Å². The molecule has 4 heterocycles. The van der Waals surface area contributed by atoms with Gasteiger partial charge in [0.15, 0.2) is 16.1 Å².